The fraction of sp³-hybridized carbons (Fsp3) is 0.833. The third-order valence-corrected chi connectivity index (χ3v) is 5.36. The molecule has 14 heteroatoms. The van der Waals surface area contributed by atoms with Gasteiger partial charge in [-0.15, -0.1) is 0 Å². The molecule has 7 nitrogen and oxygen atoms in total. The van der Waals surface area contributed by atoms with Crippen LogP contribution in [0.3, 0.4) is 0 Å². The molecule has 1 aliphatic heterocycles. The predicted molar refractivity (Wildman–Crippen MR) is 66.3 cm³/mol. The van der Waals surface area contributed by atoms with Crippen molar-refractivity contribution in [2.75, 3.05) is 0 Å². The maximum Gasteiger partial charge on any atom is 0.425 e. The molecule has 1 aliphatic carbocycles. The summed E-state index contributed by atoms with van der Waals surface area (Å²) < 4.78 is 86.7. The highest BCUT2D eigenvalue weighted by molar-refractivity contribution is 7.96. The highest BCUT2D eigenvalue weighted by Crippen LogP contribution is 2.54. The molecule has 26 heavy (non-hydrogen) atoms. The first-order valence-corrected chi connectivity index (χ1v) is 7.74. The van der Waals surface area contributed by atoms with Gasteiger partial charge >= 0.3 is 29.0 Å². The largest absolute Gasteiger partial charge is 0.691 e. The molecule has 0 aromatic rings. The molecule has 3 unspecified atom stereocenters. The van der Waals surface area contributed by atoms with Crippen LogP contribution in [0, 0.1) is 5.92 Å². The van der Waals surface area contributed by atoms with Crippen molar-refractivity contribution < 1.29 is 60.0 Å². The second kappa shape index (κ2) is 6.73. The first-order valence-electron chi connectivity index (χ1n) is 7.00. The van der Waals surface area contributed by atoms with Crippen molar-refractivity contribution in [1.29, 1.82) is 0 Å². The van der Waals surface area contributed by atoms with E-state index in [4.69, 9.17) is 4.74 Å². The normalized spacial score (nSPS) is 29.5. The van der Waals surface area contributed by atoms with Gasteiger partial charge in [-0.25, -0.2) is 4.79 Å². The smallest absolute Gasteiger partial charge is 0.425 e. The first-order chi connectivity index (χ1) is 11.8. The topological polar surface area (TPSA) is 94.1 Å². The lowest BCUT2D eigenvalue weighted by Gasteiger charge is -2.40. The van der Waals surface area contributed by atoms with Gasteiger partial charge in [0, 0.05) is 6.42 Å². The molecule has 0 radical (unpaired) electrons. The summed E-state index contributed by atoms with van der Waals surface area (Å²) in [5.41, 5.74) is -1.90. The van der Waals surface area contributed by atoms with Gasteiger partial charge < -0.3 is 14.7 Å². The zero-order valence-corrected chi connectivity index (χ0v) is 13.6. The molecule has 0 aromatic carbocycles. The summed E-state index contributed by atoms with van der Waals surface area (Å²) in [6.45, 7) is 1.07. The molecule has 0 aromatic heterocycles. The fourth-order valence-electron chi connectivity index (χ4n) is 2.86. The van der Waals surface area contributed by atoms with Crippen LogP contribution < -0.4 is 5.26 Å². The Morgan fingerprint density at radius 3 is 2.35 bits per heavy atom. The second-order valence-electron chi connectivity index (χ2n) is 6.00. The summed E-state index contributed by atoms with van der Waals surface area (Å²) in [5, 5.41) is 12.3. The molecule has 0 N–H and O–H groups in total. The van der Waals surface area contributed by atoms with Crippen LogP contribution in [0.25, 0.3) is 0 Å². The van der Waals surface area contributed by atoms with E-state index in [1.54, 1.807) is 0 Å². The Morgan fingerprint density at radius 2 is 1.85 bits per heavy atom. The number of alkyl halides is 6. The van der Waals surface area contributed by atoms with E-state index in [-0.39, 0.29) is 19.3 Å². The van der Waals surface area contributed by atoms with E-state index >= 15 is 0 Å². The number of ether oxygens (including phenoxy) is 2. The Kier molecular flexibility index (Phi) is 5.45. The average Bonchev–Trinajstić information content (AvgIpc) is 2.80. The van der Waals surface area contributed by atoms with E-state index in [2.05, 4.69) is 14.1 Å². The molecule has 1 heterocycles. The van der Waals surface area contributed by atoms with Crippen molar-refractivity contribution in [2.45, 2.75) is 55.0 Å². The molecule has 2 aliphatic rings. The molecule has 3 atom stereocenters. The third kappa shape index (κ3) is 3.34. The number of rotatable bonds is 5. The van der Waals surface area contributed by atoms with Crippen molar-refractivity contribution in [1.82, 2.24) is 0 Å². The summed E-state index contributed by atoms with van der Waals surface area (Å²) in [4.78, 5) is 23.5. The van der Waals surface area contributed by atoms with E-state index in [0.717, 1.165) is 6.92 Å². The molecule has 0 amide bonds. The average molecular weight is 413 g/mol. The van der Waals surface area contributed by atoms with Crippen molar-refractivity contribution in [3.63, 3.8) is 0 Å². The summed E-state index contributed by atoms with van der Waals surface area (Å²) in [5.74, 6) is -3.97. The number of halogens is 6. The second-order valence-corrected chi connectivity index (χ2v) is 6.91. The lowest BCUT2D eigenvalue weighted by molar-refractivity contribution is -0.777. The van der Waals surface area contributed by atoms with Crippen LogP contribution in [0.1, 0.15) is 26.2 Å². The monoisotopic (exact) mass is 413 g/mol. The van der Waals surface area contributed by atoms with E-state index in [0.29, 0.717) is 0 Å². The minimum absolute atomic E-state index is 0.000955. The maximum absolute atomic E-state index is 13.2. The lowest BCUT2D eigenvalue weighted by atomic mass is 9.79. The van der Waals surface area contributed by atoms with Gasteiger partial charge in [-0.3, -0.25) is 9.83 Å². The van der Waals surface area contributed by atoms with Crippen LogP contribution in [0.2, 0.25) is 0 Å². The van der Waals surface area contributed by atoms with Gasteiger partial charge in [0.25, 0.3) is 0 Å². The predicted octanol–water partition coefficient (Wildman–Crippen LogP) is 1.75. The van der Waals surface area contributed by atoms with Gasteiger partial charge in [-0.2, -0.15) is 30.7 Å². The van der Waals surface area contributed by atoms with Crippen molar-refractivity contribution in [2.24, 2.45) is 5.92 Å². The summed E-state index contributed by atoms with van der Waals surface area (Å²) >= 11 is -1.57. The van der Waals surface area contributed by atoms with Crippen LogP contribution in [0.5, 0.6) is 0 Å². The van der Waals surface area contributed by atoms with Gasteiger partial charge in [0.05, 0.1) is 18.0 Å². The minimum atomic E-state index is -6.24. The highest BCUT2D eigenvalue weighted by Gasteiger charge is 2.79. The Labute approximate surface area is 145 Å². The third-order valence-electron chi connectivity index (χ3n) is 4.36. The molecule has 2 rings (SSSR count). The van der Waals surface area contributed by atoms with Gasteiger partial charge in [0.2, 0.25) is 0 Å². The van der Waals surface area contributed by atoms with Crippen LogP contribution in [0.15, 0.2) is 0 Å². The molecule has 2 fully saturated rings. The van der Waals surface area contributed by atoms with Gasteiger partial charge in [0.15, 0.2) is 0 Å². The Morgan fingerprint density at radius 1 is 1.27 bits per heavy atom. The summed E-state index contributed by atoms with van der Waals surface area (Å²) in [6.07, 6.45) is -13.8. The van der Waals surface area contributed by atoms with Gasteiger partial charge in [-0.1, -0.05) is 0 Å². The zero-order chi connectivity index (χ0) is 20.0. The Hall–Kier alpha value is -1.25. The number of hydrogen-bond donors (Lipinski definition) is 0. The number of fused-ring (bicyclic) bond motifs is 2. The molecular formula is C12H11F6O7S-. The maximum atomic E-state index is 13.2. The van der Waals surface area contributed by atoms with Crippen LogP contribution in [-0.4, -0.2) is 40.7 Å². The van der Waals surface area contributed by atoms with Crippen LogP contribution in [-0.2, 0) is 28.4 Å². The van der Waals surface area contributed by atoms with Crippen LogP contribution >= 0.6 is 12.0 Å². The number of hydrogen-bond acceptors (Lipinski definition) is 8. The van der Waals surface area contributed by atoms with Crippen molar-refractivity contribution >= 4 is 24.0 Å². The van der Waals surface area contributed by atoms with E-state index < -0.39 is 58.7 Å². The van der Waals surface area contributed by atoms with E-state index in [1.807, 2.05) is 0 Å². The minimum Gasteiger partial charge on any atom is -0.691 e. The Balaban J connectivity index is 2.36. The molecule has 150 valence electrons. The van der Waals surface area contributed by atoms with Crippen LogP contribution in [0.4, 0.5) is 26.3 Å². The first kappa shape index (κ1) is 21.1. The molecule has 1 saturated heterocycles. The number of esters is 2. The summed E-state index contributed by atoms with van der Waals surface area (Å²) in [6, 6.07) is 0. The lowest BCUT2D eigenvalue weighted by Crippen LogP contribution is -2.63. The fourth-order valence-corrected chi connectivity index (χ4v) is 3.29. The molecule has 2 bridgehead atoms. The molecule has 0 spiro atoms. The summed E-state index contributed by atoms with van der Waals surface area (Å²) in [7, 11) is 0. The van der Waals surface area contributed by atoms with E-state index in [1.165, 1.54) is 0 Å². The van der Waals surface area contributed by atoms with Gasteiger partial charge in [-0.05, 0) is 19.8 Å². The Bertz CT molecular complexity index is 565. The highest BCUT2D eigenvalue weighted by atomic mass is 32.2. The standard InChI is InChI=1S/C12H12F6O7S/c1-9(3-2-5-4-6(9)22-7(5)19)23-8(20)10(11(13,14)15,12(16,17)18)26-25-24-21/h5-6,21H,2-4H2,1H3/p-1. The van der Waals surface area contributed by atoms with Crippen molar-refractivity contribution in [3.8, 4) is 0 Å². The molecule has 1 saturated carbocycles. The number of carbonyl (C=O) groups excluding carboxylic acids is 2. The quantitative estimate of drug-likeness (QED) is 0.221. The SMILES string of the molecule is CC1(OC(=O)C(SOO[O-])(C(F)(F)F)C(F)(F)F)CCC2CC1OC2=O. The van der Waals surface area contributed by atoms with Gasteiger partial charge in [0.1, 0.15) is 11.7 Å². The number of carbonyl (C=O) groups is 2. The van der Waals surface area contributed by atoms with Crippen molar-refractivity contribution in [3.05, 3.63) is 0 Å². The zero-order valence-electron chi connectivity index (χ0n) is 12.8. The molecular weight excluding hydrogens is 402 g/mol. The van der Waals surface area contributed by atoms with E-state index in [9.17, 15) is 41.2 Å².